The van der Waals surface area contributed by atoms with Gasteiger partial charge >= 0.3 is 11.9 Å². The number of quaternary nitrogens is 1. The van der Waals surface area contributed by atoms with Crippen LogP contribution in [0.2, 0.25) is 0 Å². The number of hydrogen-bond acceptors (Lipinski definition) is 8. The predicted molar refractivity (Wildman–Crippen MR) is 334 cm³/mol. The van der Waals surface area contributed by atoms with Gasteiger partial charge < -0.3 is 33.3 Å². The molecule has 79 heavy (non-hydrogen) atoms. The Bertz CT molecular complexity index is 1620. The molecule has 0 aromatic carbocycles. The zero-order valence-electron chi connectivity index (χ0n) is 51.7. The van der Waals surface area contributed by atoms with Crippen molar-refractivity contribution in [2.45, 2.75) is 283 Å². The average molecular weight is 1100 g/mol. The van der Waals surface area contributed by atoms with E-state index in [1.165, 1.54) is 148 Å². The van der Waals surface area contributed by atoms with Crippen molar-refractivity contribution in [3.63, 3.8) is 0 Å². The largest absolute Gasteiger partial charge is 0.545 e. The molecule has 0 N–H and O–H groups in total. The Kier molecular flexibility index (Phi) is 57.4. The van der Waals surface area contributed by atoms with E-state index >= 15 is 0 Å². The number of carboxylic acids is 1. The molecule has 0 amide bonds. The molecule has 2 unspecified atom stereocenters. The summed E-state index contributed by atoms with van der Waals surface area (Å²) in [4.78, 5) is 37.2. The molecular weight excluding hydrogens is 983 g/mol. The minimum Gasteiger partial charge on any atom is -0.545 e. The van der Waals surface area contributed by atoms with Crippen LogP contribution in [-0.2, 0) is 33.3 Å². The molecule has 0 saturated carbocycles. The number of aliphatic carboxylic acids is 1. The van der Waals surface area contributed by atoms with Crippen LogP contribution in [0.15, 0.2) is 97.2 Å². The molecule has 0 aromatic heterocycles. The number of rotatable bonds is 59. The molecule has 9 heteroatoms. The highest BCUT2D eigenvalue weighted by Crippen LogP contribution is 2.17. The van der Waals surface area contributed by atoms with E-state index < -0.39 is 24.3 Å². The fourth-order valence-corrected chi connectivity index (χ4v) is 8.93. The highest BCUT2D eigenvalue weighted by molar-refractivity contribution is 5.70. The molecule has 0 spiro atoms. The molecule has 0 heterocycles. The SMILES string of the molecule is CC/C=C\C/C=C\C/C=C\C/C=C\C/C=C\CCCCCCCCCCCCCCCCCCCCCCCCCCCC(=O)OC(COC(=O)CCCCC/C=C\C/C=C\C/C=C\CC)COC(OCC[N+](C)(C)C)C(=O)[O-]. The summed E-state index contributed by atoms with van der Waals surface area (Å²) in [5, 5.41) is 11.8. The summed E-state index contributed by atoms with van der Waals surface area (Å²) < 4.78 is 22.6. The van der Waals surface area contributed by atoms with E-state index in [1.54, 1.807) is 0 Å². The number of unbranched alkanes of at least 4 members (excludes halogenated alkanes) is 28. The maximum atomic E-state index is 12.9. The summed E-state index contributed by atoms with van der Waals surface area (Å²) in [5.41, 5.74) is 0. The van der Waals surface area contributed by atoms with E-state index in [-0.39, 0.29) is 38.6 Å². The van der Waals surface area contributed by atoms with E-state index in [9.17, 15) is 19.5 Å². The molecule has 0 fully saturated rings. The molecule has 9 nitrogen and oxygen atoms in total. The van der Waals surface area contributed by atoms with Crippen molar-refractivity contribution >= 4 is 17.9 Å². The molecule has 0 aliphatic carbocycles. The van der Waals surface area contributed by atoms with Crippen molar-refractivity contribution in [1.29, 1.82) is 0 Å². The fraction of sp³-hybridized carbons (Fsp3) is 0.729. The van der Waals surface area contributed by atoms with Crippen LogP contribution >= 0.6 is 0 Å². The van der Waals surface area contributed by atoms with Gasteiger partial charge in [0.15, 0.2) is 12.4 Å². The van der Waals surface area contributed by atoms with Crippen molar-refractivity contribution in [2.75, 3.05) is 47.5 Å². The Morgan fingerprint density at radius 2 is 0.684 bits per heavy atom. The van der Waals surface area contributed by atoms with Gasteiger partial charge in [-0.05, 0) is 89.9 Å². The van der Waals surface area contributed by atoms with Gasteiger partial charge in [-0.15, -0.1) is 0 Å². The molecule has 0 rings (SSSR count). The maximum absolute atomic E-state index is 12.9. The number of likely N-dealkylation sites (N-methyl/N-ethyl adjacent to an activating group) is 1. The number of hydrogen-bond donors (Lipinski definition) is 0. The third-order valence-electron chi connectivity index (χ3n) is 13.8. The molecule has 454 valence electrons. The molecule has 0 saturated heterocycles. The van der Waals surface area contributed by atoms with E-state index in [1.807, 2.05) is 21.1 Å². The number of carboxylic acid groups (broad SMARTS) is 1. The summed E-state index contributed by atoms with van der Waals surface area (Å²) >= 11 is 0. The van der Waals surface area contributed by atoms with Crippen LogP contribution in [-0.4, -0.2) is 82.3 Å². The maximum Gasteiger partial charge on any atom is 0.306 e. The van der Waals surface area contributed by atoms with E-state index in [4.69, 9.17) is 18.9 Å². The molecule has 0 aliphatic rings. The van der Waals surface area contributed by atoms with E-state index in [0.29, 0.717) is 23.9 Å². The monoisotopic (exact) mass is 1100 g/mol. The van der Waals surface area contributed by atoms with Crippen LogP contribution in [0.4, 0.5) is 0 Å². The lowest BCUT2D eigenvalue weighted by Crippen LogP contribution is -2.44. The predicted octanol–water partition coefficient (Wildman–Crippen LogP) is 18.4. The van der Waals surface area contributed by atoms with Gasteiger partial charge in [-0.1, -0.05) is 265 Å². The van der Waals surface area contributed by atoms with Crippen LogP contribution in [0, 0.1) is 0 Å². The first-order chi connectivity index (χ1) is 38.6. The summed E-state index contributed by atoms with van der Waals surface area (Å²) in [6, 6.07) is 0. The number of ether oxygens (including phenoxy) is 4. The second-order valence-corrected chi connectivity index (χ2v) is 22.6. The van der Waals surface area contributed by atoms with E-state index in [2.05, 4.69) is 111 Å². The second-order valence-electron chi connectivity index (χ2n) is 22.6. The van der Waals surface area contributed by atoms with Gasteiger partial charge in [0.2, 0.25) is 0 Å². The number of nitrogens with zero attached hydrogens (tertiary/aromatic N) is 1. The van der Waals surface area contributed by atoms with Crippen LogP contribution in [0.3, 0.4) is 0 Å². The number of allylic oxidation sites excluding steroid dienone is 16. The summed E-state index contributed by atoms with van der Waals surface area (Å²) in [5.74, 6) is -2.32. The van der Waals surface area contributed by atoms with Crippen molar-refractivity contribution in [3.05, 3.63) is 97.2 Å². The standard InChI is InChI=1S/C70H121NO8/c1-6-8-10-12-14-16-18-20-21-22-23-24-25-26-27-28-29-30-31-32-33-34-35-36-37-38-39-40-41-42-43-44-45-46-47-49-51-53-55-57-59-61-68(73)79-66(65-78-70(69(74)75)76-63-62-71(3,4)5)64-77-67(72)60-58-56-54-52-50-48-19-17-15-13-11-9-7-2/h8-11,14-17,20-21,23-24,26-27,48,50,66,70H,6-7,12-13,18-19,22,25,28-47,49,51-65H2,1-5H3/b10-8-,11-9-,16-14-,17-15-,21-20-,24-23-,27-26-,50-48-. The quantitative estimate of drug-likeness (QED) is 0.0195. The first kappa shape index (κ1) is 75.2. The number of carbonyl (C=O) groups excluding carboxylic acids is 3. The topological polar surface area (TPSA) is 111 Å². The molecule has 0 aromatic rings. The Morgan fingerprint density at radius 3 is 1.03 bits per heavy atom. The fourth-order valence-electron chi connectivity index (χ4n) is 8.93. The normalized spacial score (nSPS) is 13.4. The van der Waals surface area contributed by atoms with Gasteiger partial charge in [-0.2, -0.15) is 0 Å². The van der Waals surface area contributed by atoms with E-state index in [0.717, 1.165) is 83.5 Å². The Labute approximate surface area is 486 Å². The molecule has 0 radical (unpaired) electrons. The summed E-state index contributed by atoms with van der Waals surface area (Å²) in [6.07, 6.45) is 79.4. The van der Waals surface area contributed by atoms with Gasteiger partial charge in [0.1, 0.15) is 13.2 Å². The number of carbonyl (C=O) groups is 3. The Hall–Kier alpha value is -3.79. The van der Waals surface area contributed by atoms with Gasteiger partial charge in [0, 0.05) is 12.8 Å². The van der Waals surface area contributed by atoms with Gasteiger partial charge in [-0.3, -0.25) is 9.59 Å². The van der Waals surface area contributed by atoms with Crippen molar-refractivity contribution < 1.29 is 42.9 Å². The third-order valence-corrected chi connectivity index (χ3v) is 13.8. The number of esters is 2. The van der Waals surface area contributed by atoms with Crippen molar-refractivity contribution in [3.8, 4) is 0 Å². The zero-order chi connectivity index (χ0) is 57.6. The van der Waals surface area contributed by atoms with Crippen LogP contribution in [0.25, 0.3) is 0 Å². The second kappa shape index (κ2) is 60.3. The van der Waals surface area contributed by atoms with Gasteiger partial charge in [0.05, 0.1) is 40.3 Å². The molecule has 2 atom stereocenters. The van der Waals surface area contributed by atoms with Gasteiger partial charge in [-0.25, -0.2) is 0 Å². The third kappa shape index (κ3) is 61.7. The minimum absolute atomic E-state index is 0.141. The molecule has 0 aliphatic heterocycles. The van der Waals surface area contributed by atoms with Crippen LogP contribution in [0.5, 0.6) is 0 Å². The smallest absolute Gasteiger partial charge is 0.306 e. The van der Waals surface area contributed by atoms with Crippen LogP contribution < -0.4 is 5.11 Å². The first-order valence-electron chi connectivity index (χ1n) is 32.4. The van der Waals surface area contributed by atoms with Crippen molar-refractivity contribution in [1.82, 2.24) is 0 Å². The van der Waals surface area contributed by atoms with Crippen molar-refractivity contribution in [2.24, 2.45) is 0 Å². The lowest BCUT2D eigenvalue weighted by molar-refractivity contribution is -0.870. The average Bonchev–Trinajstić information content (AvgIpc) is 3.42. The Morgan fingerprint density at radius 1 is 0.380 bits per heavy atom. The highest BCUT2D eigenvalue weighted by Gasteiger charge is 2.22. The lowest BCUT2D eigenvalue weighted by atomic mass is 10.0. The summed E-state index contributed by atoms with van der Waals surface area (Å²) in [7, 11) is 5.91. The van der Waals surface area contributed by atoms with Gasteiger partial charge in [0.25, 0.3) is 0 Å². The lowest BCUT2D eigenvalue weighted by Gasteiger charge is -2.26. The summed E-state index contributed by atoms with van der Waals surface area (Å²) in [6.45, 7) is 4.49. The first-order valence-corrected chi connectivity index (χ1v) is 32.4. The Balaban J connectivity index is 3.94. The molecular formula is C70H121NO8. The highest BCUT2D eigenvalue weighted by atomic mass is 16.7. The minimum atomic E-state index is -1.63. The zero-order valence-corrected chi connectivity index (χ0v) is 51.7. The van der Waals surface area contributed by atoms with Crippen LogP contribution in [0.1, 0.15) is 271 Å². The molecule has 0 bridgehead atoms.